The van der Waals surface area contributed by atoms with E-state index >= 15 is 0 Å². The summed E-state index contributed by atoms with van der Waals surface area (Å²) in [4.78, 5) is 80.9. The molecule has 286 valence electrons. The number of nitrogens with zero attached hydrogens (tertiary/aromatic N) is 5. The van der Waals surface area contributed by atoms with E-state index in [0.29, 0.717) is 23.4 Å². The van der Waals surface area contributed by atoms with Crippen molar-refractivity contribution < 1.29 is 24.0 Å². The minimum atomic E-state index is -0.979. The van der Waals surface area contributed by atoms with Gasteiger partial charge >= 0.3 is 0 Å². The molecule has 0 bridgehead atoms. The number of anilines is 1. The lowest BCUT2D eigenvalue weighted by Crippen LogP contribution is -2.54. The van der Waals surface area contributed by atoms with E-state index in [9.17, 15) is 24.0 Å². The Hall–Kier alpha value is -6.21. The zero-order valence-corrected chi connectivity index (χ0v) is 31.6. The van der Waals surface area contributed by atoms with Crippen LogP contribution in [-0.4, -0.2) is 99.0 Å². The van der Waals surface area contributed by atoms with Crippen LogP contribution in [0.1, 0.15) is 80.7 Å². The standard InChI is InChI=1S/C43H44N8O5/c1-49(2)41(54)27-12-10-26(11-13-27)32-23-45-39-38(32)47-34(24-46-39)29-14-15-30-25-50(21-18-28(30)22-29)20-6-4-3-5-19-44-33-9-7-8-31-37(33)43(56)51(42(31)55)35-16-17-36(52)48-40(35)53/h7-15,22-24,35,44H,3-6,16-21,25H2,1-2H3,(H,45,46)(H,48,52,53). The first-order valence-corrected chi connectivity index (χ1v) is 19.3. The number of carbonyl (C=O) groups is 5. The second kappa shape index (κ2) is 15.5. The van der Waals surface area contributed by atoms with Gasteiger partial charge in [0.15, 0.2) is 5.65 Å². The number of rotatable bonds is 12. The summed E-state index contributed by atoms with van der Waals surface area (Å²) in [5.41, 5.74) is 9.77. The first kappa shape index (κ1) is 36.8. The molecule has 0 saturated carbocycles. The van der Waals surface area contributed by atoms with E-state index in [0.717, 1.165) is 90.2 Å². The number of aromatic nitrogens is 3. The quantitative estimate of drug-likeness (QED) is 0.112. The monoisotopic (exact) mass is 752 g/mol. The van der Waals surface area contributed by atoms with Gasteiger partial charge in [-0.25, -0.2) is 9.97 Å². The van der Waals surface area contributed by atoms with Gasteiger partial charge in [-0.15, -0.1) is 0 Å². The fourth-order valence-corrected chi connectivity index (χ4v) is 7.96. The van der Waals surface area contributed by atoms with Crippen molar-refractivity contribution in [3.05, 3.63) is 101 Å². The van der Waals surface area contributed by atoms with Crippen LogP contribution in [0.15, 0.2) is 73.1 Å². The summed E-state index contributed by atoms with van der Waals surface area (Å²) in [6.45, 7) is 3.59. The third-order valence-electron chi connectivity index (χ3n) is 11.0. The number of hydrogen-bond acceptors (Lipinski definition) is 9. The van der Waals surface area contributed by atoms with Gasteiger partial charge in [0.1, 0.15) is 11.6 Å². The Bertz CT molecular complexity index is 2370. The normalized spacial score (nSPS) is 16.9. The van der Waals surface area contributed by atoms with Crippen LogP contribution in [0, 0.1) is 0 Å². The summed E-state index contributed by atoms with van der Waals surface area (Å²) in [6, 6.07) is 18.3. The number of aromatic amines is 1. The van der Waals surface area contributed by atoms with Gasteiger partial charge in [0.25, 0.3) is 17.7 Å². The van der Waals surface area contributed by atoms with E-state index in [1.165, 1.54) is 11.1 Å². The van der Waals surface area contributed by atoms with E-state index in [4.69, 9.17) is 4.98 Å². The van der Waals surface area contributed by atoms with Crippen LogP contribution in [0.4, 0.5) is 5.69 Å². The Kier molecular flexibility index (Phi) is 10.2. The molecule has 3 aliphatic heterocycles. The summed E-state index contributed by atoms with van der Waals surface area (Å²) in [7, 11) is 3.49. The number of imide groups is 2. The van der Waals surface area contributed by atoms with Crippen LogP contribution in [0.5, 0.6) is 0 Å². The molecule has 1 unspecified atom stereocenters. The molecule has 1 saturated heterocycles. The Labute approximate surface area is 324 Å². The number of benzene rings is 3. The molecule has 3 N–H and O–H groups in total. The maximum Gasteiger partial charge on any atom is 0.264 e. The van der Waals surface area contributed by atoms with E-state index in [-0.39, 0.29) is 24.3 Å². The molecule has 0 radical (unpaired) electrons. The van der Waals surface area contributed by atoms with Crippen LogP contribution in [0.25, 0.3) is 33.5 Å². The summed E-state index contributed by atoms with van der Waals surface area (Å²) in [6.07, 6.45) is 9.04. The molecule has 13 heteroatoms. The third-order valence-corrected chi connectivity index (χ3v) is 11.0. The number of hydrogen-bond donors (Lipinski definition) is 3. The van der Waals surface area contributed by atoms with Gasteiger partial charge in [-0.05, 0) is 79.3 Å². The molecule has 2 aromatic heterocycles. The van der Waals surface area contributed by atoms with Gasteiger partial charge in [0.2, 0.25) is 11.8 Å². The summed E-state index contributed by atoms with van der Waals surface area (Å²) < 4.78 is 0. The van der Waals surface area contributed by atoms with Crippen LogP contribution in [0.2, 0.25) is 0 Å². The number of amides is 5. The van der Waals surface area contributed by atoms with Gasteiger partial charge in [0, 0.05) is 68.7 Å². The highest BCUT2D eigenvalue weighted by molar-refractivity contribution is 6.25. The highest BCUT2D eigenvalue weighted by Crippen LogP contribution is 2.33. The average molecular weight is 753 g/mol. The second-order valence-corrected chi connectivity index (χ2v) is 15.0. The molecule has 3 aliphatic rings. The zero-order valence-electron chi connectivity index (χ0n) is 31.6. The number of carbonyl (C=O) groups excluding carboxylic acids is 5. The average Bonchev–Trinajstić information content (AvgIpc) is 3.74. The molecule has 0 aliphatic carbocycles. The topological polar surface area (TPSA) is 161 Å². The molecular weight excluding hydrogens is 709 g/mol. The molecule has 0 spiro atoms. The van der Waals surface area contributed by atoms with Crippen LogP contribution >= 0.6 is 0 Å². The first-order chi connectivity index (χ1) is 27.2. The summed E-state index contributed by atoms with van der Waals surface area (Å²) in [5, 5.41) is 5.58. The van der Waals surface area contributed by atoms with Crippen molar-refractivity contribution >= 4 is 46.4 Å². The number of piperidine rings is 1. The van der Waals surface area contributed by atoms with Gasteiger partial charge in [-0.1, -0.05) is 43.2 Å². The molecule has 1 atom stereocenters. The van der Waals surface area contributed by atoms with E-state index in [1.807, 2.05) is 36.7 Å². The highest BCUT2D eigenvalue weighted by Gasteiger charge is 2.45. The lowest BCUT2D eigenvalue weighted by molar-refractivity contribution is -0.136. The fourth-order valence-electron chi connectivity index (χ4n) is 7.96. The second-order valence-electron chi connectivity index (χ2n) is 15.0. The Morgan fingerprint density at radius 3 is 2.50 bits per heavy atom. The van der Waals surface area contributed by atoms with Gasteiger partial charge in [-0.2, -0.15) is 0 Å². The molecular formula is C43H44N8O5. The number of unbranched alkanes of at least 4 members (excludes halogenated alkanes) is 3. The minimum absolute atomic E-state index is 0.0349. The molecule has 5 heterocycles. The molecule has 5 amide bonds. The lowest BCUT2D eigenvalue weighted by atomic mass is 9.96. The van der Waals surface area contributed by atoms with Crippen molar-refractivity contribution in [3.63, 3.8) is 0 Å². The van der Waals surface area contributed by atoms with Gasteiger partial charge in [-0.3, -0.25) is 39.1 Å². The number of nitrogens with one attached hydrogen (secondary N) is 3. The predicted molar refractivity (Wildman–Crippen MR) is 212 cm³/mol. The van der Waals surface area contributed by atoms with Gasteiger partial charge < -0.3 is 15.2 Å². The van der Waals surface area contributed by atoms with E-state index in [1.54, 1.807) is 37.2 Å². The number of H-pyrrole nitrogens is 1. The van der Waals surface area contributed by atoms with Crippen molar-refractivity contribution in [2.45, 2.75) is 57.5 Å². The fraction of sp³-hybridized carbons (Fsp3) is 0.326. The van der Waals surface area contributed by atoms with Crippen LogP contribution in [-0.2, 0) is 22.6 Å². The Balaban J connectivity index is 0.812. The Morgan fingerprint density at radius 2 is 1.70 bits per heavy atom. The molecule has 56 heavy (non-hydrogen) atoms. The lowest BCUT2D eigenvalue weighted by Gasteiger charge is -2.29. The Morgan fingerprint density at radius 1 is 0.893 bits per heavy atom. The largest absolute Gasteiger partial charge is 0.384 e. The van der Waals surface area contributed by atoms with Crippen molar-refractivity contribution in [3.8, 4) is 22.4 Å². The molecule has 1 fully saturated rings. The van der Waals surface area contributed by atoms with Crippen molar-refractivity contribution in [1.82, 2.24) is 35.0 Å². The SMILES string of the molecule is CN(C)C(=O)c1ccc(-c2c[nH]c3ncc(-c4ccc5c(c4)CCN(CCCCCCNc4cccc6c4C(=O)N(C4CCC(=O)NC4=O)C6=O)C5)nc23)cc1. The minimum Gasteiger partial charge on any atom is -0.384 e. The van der Waals surface area contributed by atoms with Crippen molar-refractivity contribution in [1.29, 1.82) is 0 Å². The zero-order chi connectivity index (χ0) is 38.9. The maximum absolute atomic E-state index is 13.3. The van der Waals surface area contributed by atoms with Crippen molar-refractivity contribution in [2.75, 3.05) is 39.0 Å². The molecule has 3 aromatic carbocycles. The van der Waals surface area contributed by atoms with E-state index in [2.05, 4.69) is 43.7 Å². The third kappa shape index (κ3) is 7.17. The molecule has 8 rings (SSSR count). The van der Waals surface area contributed by atoms with Crippen molar-refractivity contribution in [2.24, 2.45) is 0 Å². The predicted octanol–water partition coefficient (Wildman–Crippen LogP) is 5.43. The highest BCUT2D eigenvalue weighted by atomic mass is 16.2. The maximum atomic E-state index is 13.3. The molecule has 13 nitrogen and oxygen atoms in total. The van der Waals surface area contributed by atoms with Gasteiger partial charge in [0.05, 0.1) is 23.0 Å². The summed E-state index contributed by atoms with van der Waals surface area (Å²) in [5.74, 6) is -2.04. The summed E-state index contributed by atoms with van der Waals surface area (Å²) >= 11 is 0. The number of fused-ring (bicyclic) bond motifs is 3. The van der Waals surface area contributed by atoms with E-state index < -0.39 is 29.7 Å². The first-order valence-electron chi connectivity index (χ1n) is 19.3. The van der Waals surface area contributed by atoms with Crippen LogP contribution in [0.3, 0.4) is 0 Å². The smallest absolute Gasteiger partial charge is 0.264 e. The molecule has 5 aromatic rings. The van der Waals surface area contributed by atoms with Crippen LogP contribution < -0.4 is 10.6 Å².